The first-order valence-electron chi connectivity index (χ1n) is 8.48. The largest absolute Gasteiger partial charge is 0.356 e. The van der Waals surface area contributed by atoms with Gasteiger partial charge in [-0.3, -0.25) is 9.59 Å². The Morgan fingerprint density at radius 3 is 2.71 bits per heavy atom. The summed E-state index contributed by atoms with van der Waals surface area (Å²) in [7, 11) is 0. The second kappa shape index (κ2) is 9.28. The highest BCUT2D eigenvalue weighted by Gasteiger charge is 2.29. The summed E-state index contributed by atoms with van der Waals surface area (Å²) >= 11 is 12.1. The molecule has 1 saturated heterocycles. The van der Waals surface area contributed by atoms with Crippen molar-refractivity contribution in [1.29, 1.82) is 0 Å². The summed E-state index contributed by atoms with van der Waals surface area (Å²) in [4.78, 5) is 25.3. The van der Waals surface area contributed by atoms with Crippen LogP contribution < -0.4 is 5.32 Å². The van der Waals surface area contributed by atoms with Gasteiger partial charge in [0.15, 0.2) is 0 Å². The van der Waals surface area contributed by atoms with E-state index in [0.717, 1.165) is 44.2 Å². The molecule has 4 nitrogen and oxygen atoms in total. The third-order valence-corrected chi connectivity index (χ3v) is 5.08. The number of amides is 2. The van der Waals surface area contributed by atoms with E-state index in [2.05, 4.69) is 5.32 Å². The highest BCUT2D eigenvalue weighted by atomic mass is 35.5. The molecular weight excluding hydrogens is 347 g/mol. The third-order valence-electron chi connectivity index (χ3n) is 4.34. The summed E-state index contributed by atoms with van der Waals surface area (Å²) in [6.07, 6.45) is 5.23. The van der Waals surface area contributed by atoms with Crippen LogP contribution in [-0.4, -0.2) is 29.8 Å². The van der Waals surface area contributed by atoms with E-state index in [9.17, 15) is 9.59 Å². The minimum absolute atomic E-state index is 0.00684. The van der Waals surface area contributed by atoms with E-state index < -0.39 is 0 Å². The molecule has 2 rings (SSSR count). The first-order chi connectivity index (χ1) is 11.5. The third kappa shape index (κ3) is 5.38. The summed E-state index contributed by atoms with van der Waals surface area (Å²) in [6.45, 7) is 2.99. The highest BCUT2D eigenvalue weighted by Crippen LogP contribution is 2.35. The van der Waals surface area contributed by atoms with Crippen molar-refractivity contribution in [2.24, 2.45) is 0 Å². The second-order valence-corrected chi connectivity index (χ2v) is 7.03. The molecule has 0 saturated carbocycles. The number of carbonyl (C=O) groups is 2. The summed E-state index contributed by atoms with van der Waals surface area (Å²) in [5.41, 5.74) is 1.06. The summed E-state index contributed by atoms with van der Waals surface area (Å²) in [5, 5.41) is 3.84. The maximum atomic E-state index is 12.5. The molecule has 0 radical (unpaired) electrons. The Morgan fingerprint density at radius 2 is 2.00 bits per heavy atom. The Labute approximate surface area is 153 Å². The predicted octanol–water partition coefficient (Wildman–Crippen LogP) is 4.35. The van der Waals surface area contributed by atoms with Crippen LogP contribution in [0.25, 0.3) is 0 Å². The van der Waals surface area contributed by atoms with Gasteiger partial charge in [0.1, 0.15) is 0 Å². The van der Waals surface area contributed by atoms with Crippen LogP contribution in [0.2, 0.25) is 10.0 Å². The Morgan fingerprint density at radius 1 is 1.21 bits per heavy atom. The lowest BCUT2D eigenvalue weighted by Gasteiger charge is -2.25. The van der Waals surface area contributed by atoms with Gasteiger partial charge in [-0.25, -0.2) is 0 Å². The molecule has 1 aliphatic heterocycles. The smallest absolute Gasteiger partial charge is 0.223 e. The minimum atomic E-state index is -0.00684. The van der Waals surface area contributed by atoms with Crippen LogP contribution in [0.4, 0.5) is 0 Å². The molecule has 0 aliphatic carbocycles. The first kappa shape index (κ1) is 19.1. The van der Waals surface area contributed by atoms with E-state index >= 15 is 0 Å². The summed E-state index contributed by atoms with van der Waals surface area (Å²) in [6, 6.07) is 5.72. The molecule has 0 bridgehead atoms. The van der Waals surface area contributed by atoms with Crippen LogP contribution in [0.3, 0.4) is 0 Å². The van der Waals surface area contributed by atoms with Crippen molar-refractivity contribution in [2.75, 3.05) is 13.1 Å². The van der Waals surface area contributed by atoms with E-state index in [0.29, 0.717) is 23.0 Å². The number of rotatable bonds is 7. The molecular formula is C18H24Cl2N2O2. The van der Waals surface area contributed by atoms with Crippen molar-refractivity contribution in [3.8, 4) is 0 Å². The van der Waals surface area contributed by atoms with Crippen LogP contribution in [0.5, 0.6) is 0 Å². The van der Waals surface area contributed by atoms with E-state index in [4.69, 9.17) is 23.2 Å². The summed E-state index contributed by atoms with van der Waals surface area (Å²) in [5.74, 6) is 0.190. The van der Waals surface area contributed by atoms with Crippen molar-refractivity contribution in [3.05, 3.63) is 33.8 Å². The van der Waals surface area contributed by atoms with Gasteiger partial charge in [0, 0.05) is 26.4 Å². The van der Waals surface area contributed by atoms with Crippen molar-refractivity contribution in [1.82, 2.24) is 10.2 Å². The molecule has 1 N–H and O–H groups in total. The number of nitrogens with zero attached hydrogens (tertiary/aromatic N) is 1. The van der Waals surface area contributed by atoms with Gasteiger partial charge in [0.05, 0.1) is 16.1 Å². The Hall–Kier alpha value is -1.26. The molecule has 6 heteroatoms. The first-order valence-corrected chi connectivity index (χ1v) is 9.23. The van der Waals surface area contributed by atoms with Gasteiger partial charge in [-0.15, -0.1) is 0 Å². The van der Waals surface area contributed by atoms with E-state index in [1.54, 1.807) is 6.07 Å². The lowest BCUT2D eigenvalue weighted by atomic mass is 10.0. The van der Waals surface area contributed by atoms with Crippen LogP contribution in [0.15, 0.2) is 18.2 Å². The predicted molar refractivity (Wildman–Crippen MR) is 97.3 cm³/mol. The monoisotopic (exact) mass is 370 g/mol. The molecule has 1 unspecified atom stereocenters. The molecule has 1 atom stereocenters. The van der Waals surface area contributed by atoms with E-state index in [1.807, 2.05) is 17.0 Å². The van der Waals surface area contributed by atoms with Gasteiger partial charge in [-0.1, -0.05) is 35.7 Å². The second-order valence-electron chi connectivity index (χ2n) is 6.21. The number of halogens is 2. The Bertz CT molecular complexity index is 592. The molecule has 2 amide bonds. The number of benzene rings is 1. The van der Waals surface area contributed by atoms with E-state index in [-0.39, 0.29) is 17.9 Å². The van der Waals surface area contributed by atoms with Gasteiger partial charge in [-0.2, -0.15) is 0 Å². The number of nitrogens with one attached hydrogen (secondary N) is 1. The molecule has 132 valence electrons. The lowest BCUT2D eigenvalue weighted by molar-refractivity contribution is -0.132. The SMILES string of the molecule is CC(=O)NCCCCCC(=O)N1CCCC1c1ccc(Cl)c(Cl)c1. The molecule has 1 aliphatic rings. The quantitative estimate of drug-likeness (QED) is 0.725. The average Bonchev–Trinajstić information content (AvgIpc) is 3.02. The molecule has 1 heterocycles. The number of unbranched alkanes of at least 4 members (excludes halogenated alkanes) is 2. The lowest BCUT2D eigenvalue weighted by Crippen LogP contribution is -2.30. The maximum Gasteiger partial charge on any atom is 0.223 e. The van der Waals surface area contributed by atoms with Gasteiger partial charge in [-0.05, 0) is 43.4 Å². The summed E-state index contributed by atoms with van der Waals surface area (Å²) < 4.78 is 0. The minimum Gasteiger partial charge on any atom is -0.356 e. The fourth-order valence-electron chi connectivity index (χ4n) is 3.12. The molecule has 24 heavy (non-hydrogen) atoms. The maximum absolute atomic E-state index is 12.5. The van der Waals surface area contributed by atoms with Crippen LogP contribution in [0.1, 0.15) is 57.1 Å². The Balaban J connectivity index is 1.82. The fraction of sp³-hybridized carbons (Fsp3) is 0.556. The Kier molecular flexibility index (Phi) is 7.38. The van der Waals surface area contributed by atoms with Crippen LogP contribution in [0, 0.1) is 0 Å². The zero-order valence-electron chi connectivity index (χ0n) is 14.0. The average molecular weight is 371 g/mol. The van der Waals surface area contributed by atoms with Crippen molar-refractivity contribution in [2.45, 2.75) is 51.5 Å². The van der Waals surface area contributed by atoms with E-state index in [1.165, 1.54) is 6.92 Å². The zero-order chi connectivity index (χ0) is 17.5. The van der Waals surface area contributed by atoms with Gasteiger partial charge >= 0.3 is 0 Å². The molecule has 0 spiro atoms. The number of hydrogen-bond acceptors (Lipinski definition) is 2. The standard InChI is InChI=1S/C18H24Cl2N2O2/c1-13(23)21-10-4-2-3-7-18(24)22-11-5-6-17(22)14-8-9-15(19)16(20)12-14/h8-9,12,17H,2-7,10-11H2,1H3,(H,21,23). The van der Waals surface area contributed by atoms with Crippen LogP contribution in [-0.2, 0) is 9.59 Å². The van der Waals surface area contributed by atoms with Gasteiger partial charge < -0.3 is 10.2 Å². The van der Waals surface area contributed by atoms with Gasteiger partial charge in [0.2, 0.25) is 11.8 Å². The van der Waals surface area contributed by atoms with Gasteiger partial charge in [0.25, 0.3) is 0 Å². The van der Waals surface area contributed by atoms with Crippen molar-refractivity contribution in [3.63, 3.8) is 0 Å². The molecule has 0 aromatic heterocycles. The number of carbonyl (C=O) groups excluding carboxylic acids is 2. The zero-order valence-corrected chi connectivity index (χ0v) is 15.5. The van der Waals surface area contributed by atoms with Crippen molar-refractivity contribution < 1.29 is 9.59 Å². The number of likely N-dealkylation sites (tertiary alicyclic amines) is 1. The topological polar surface area (TPSA) is 49.4 Å². The number of hydrogen-bond donors (Lipinski definition) is 1. The molecule has 1 aromatic carbocycles. The van der Waals surface area contributed by atoms with Crippen molar-refractivity contribution >= 4 is 35.0 Å². The molecule has 1 fully saturated rings. The van der Waals surface area contributed by atoms with Crippen LogP contribution >= 0.6 is 23.2 Å². The normalized spacial score (nSPS) is 17.1. The fourth-order valence-corrected chi connectivity index (χ4v) is 3.42. The molecule has 1 aromatic rings. The highest BCUT2D eigenvalue weighted by molar-refractivity contribution is 6.42.